The zero-order valence-electron chi connectivity index (χ0n) is 13.0. The van der Waals surface area contributed by atoms with Crippen molar-refractivity contribution < 1.29 is 24.3 Å². The number of benzene rings is 1. The lowest BCUT2D eigenvalue weighted by molar-refractivity contribution is -0.127. The molecule has 0 aliphatic carbocycles. The number of hydrogen-bond donors (Lipinski definition) is 2. The molecule has 1 aromatic carbocycles. The van der Waals surface area contributed by atoms with Gasteiger partial charge in [0, 0.05) is 12.5 Å². The summed E-state index contributed by atoms with van der Waals surface area (Å²) in [6, 6.07) is 3.87. The van der Waals surface area contributed by atoms with Gasteiger partial charge in [0.25, 0.3) is 5.91 Å². The molecule has 0 fully saturated rings. The van der Waals surface area contributed by atoms with Gasteiger partial charge in [0.15, 0.2) is 0 Å². The van der Waals surface area contributed by atoms with E-state index in [9.17, 15) is 14.7 Å². The number of rotatable bonds is 2. The number of nitrogens with zero attached hydrogens (tertiary/aromatic N) is 1. The van der Waals surface area contributed by atoms with Gasteiger partial charge in [-0.25, -0.2) is 4.79 Å². The van der Waals surface area contributed by atoms with E-state index >= 15 is 0 Å². The molecule has 1 heterocycles. The first-order chi connectivity index (χ1) is 10.2. The number of amides is 2. The molecule has 2 N–H and O–H groups in total. The monoisotopic (exact) mass is 308 g/mol. The molecule has 22 heavy (non-hydrogen) atoms. The first kappa shape index (κ1) is 16.1. The van der Waals surface area contributed by atoms with Crippen LogP contribution >= 0.6 is 0 Å². The summed E-state index contributed by atoms with van der Waals surface area (Å²) in [6.45, 7) is 5.23. The second-order valence-electron chi connectivity index (χ2n) is 6.03. The number of nitrogens with one attached hydrogen (secondary N) is 1. The van der Waals surface area contributed by atoms with Gasteiger partial charge in [-0.3, -0.25) is 9.63 Å². The van der Waals surface area contributed by atoms with Crippen LogP contribution in [0.5, 0.6) is 5.75 Å². The molecule has 0 radical (unpaired) electrons. The lowest BCUT2D eigenvalue weighted by atomic mass is 9.98. The first-order valence-corrected chi connectivity index (χ1v) is 6.91. The Balaban J connectivity index is 2.20. The number of alkyl carbamates (subject to hydrolysis) is 1. The van der Waals surface area contributed by atoms with Gasteiger partial charge in [0.2, 0.25) is 0 Å². The lowest BCUT2D eigenvalue weighted by Gasteiger charge is -2.32. The average molecular weight is 308 g/mol. The van der Waals surface area contributed by atoms with Crippen molar-refractivity contribution in [1.82, 2.24) is 5.32 Å². The molecule has 0 saturated heterocycles. The third-order valence-corrected chi connectivity index (χ3v) is 3.08. The van der Waals surface area contributed by atoms with Crippen LogP contribution < -0.4 is 10.4 Å². The van der Waals surface area contributed by atoms with Gasteiger partial charge in [-0.15, -0.1) is 0 Å². The van der Waals surface area contributed by atoms with Crippen LogP contribution in [0.25, 0.3) is 0 Å². The molecule has 0 aromatic heterocycles. The molecule has 2 amide bonds. The molecule has 7 heteroatoms. The predicted octanol–water partition coefficient (Wildman–Crippen LogP) is 1.74. The molecule has 0 spiro atoms. The molecule has 120 valence electrons. The van der Waals surface area contributed by atoms with E-state index in [4.69, 9.17) is 9.57 Å². The predicted molar refractivity (Wildman–Crippen MR) is 79.5 cm³/mol. The Morgan fingerprint density at radius 1 is 1.41 bits per heavy atom. The van der Waals surface area contributed by atoms with E-state index in [1.807, 2.05) is 0 Å². The summed E-state index contributed by atoms with van der Waals surface area (Å²) in [5.41, 5.74) is 0.599. The fourth-order valence-electron chi connectivity index (χ4n) is 2.23. The van der Waals surface area contributed by atoms with E-state index in [0.717, 1.165) is 10.6 Å². The van der Waals surface area contributed by atoms with E-state index in [1.165, 1.54) is 19.2 Å². The number of hydrogen-bond acceptors (Lipinski definition) is 5. The van der Waals surface area contributed by atoms with Crippen LogP contribution in [0.2, 0.25) is 0 Å². The summed E-state index contributed by atoms with van der Waals surface area (Å²) in [6.07, 6.45) is -0.364. The Kier molecular flexibility index (Phi) is 4.27. The van der Waals surface area contributed by atoms with Crippen molar-refractivity contribution in [2.24, 2.45) is 0 Å². The van der Waals surface area contributed by atoms with Gasteiger partial charge in [-0.1, -0.05) is 6.07 Å². The Bertz CT molecular complexity index is 594. The number of ether oxygens (including phenoxy) is 1. The van der Waals surface area contributed by atoms with Gasteiger partial charge in [-0.2, -0.15) is 5.06 Å². The van der Waals surface area contributed by atoms with E-state index in [-0.39, 0.29) is 5.75 Å². The molecule has 1 aliphatic heterocycles. The molecule has 7 nitrogen and oxygen atoms in total. The summed E-state index contributed by atoms with van der Waals surface area (Å²) >= 11 is 0. The summed E-state index contributed by atoms with van der Waals surface area (Å²) in [4.78, 5) is 29.3. The highest BCUT2D eigenvalue weighted by Gasteiger charge is 2.35. The molecule has 0 unspecified atom stereocenters. The Hall–Kier alpha value is -2.28. The Morgan fingerprint density at radius 3 is 2.68 bits per heavy atom. The van der Waals surface area contributed by atoms with Crippen LogP contribution in [0.1, 0.15) is 26.3 Å². The molecule has 0 saturated carbocycles. The van der Waals surface area contributed by atoms with Crippen molar-refractivity contribution in [1.29, 1.82) is 0 Å². The summed E-state index contributed by atoms with van der Waals surface area (Å²) in [5, 5.41) is 13.1. The van der Waals surface area contributed by atoms with Crippen molar-refractivity contribution in [3.63, 3.8) is 0 Å². The number of anilines is 1. The van der Waals surface area contributed by atoms with Gasteiger partial charge >= 0.3 is 6.09 Å². The molecule has 1 aromatic rings. The van der Waals surface area contributed by atoms with Crippen LogP contribution in [0.15, 0.2) is 18.2 Å². The summed E-state index contributed by atoms with van der Waals surface area (Å²) in [5.74, 6) is -0.390. The maximum absolute atomic E-state index is 12.4. The second-order valence-corrected chi connectivity index (χ2v) is 6.03. The van der Waals surface area contributed by atoms with Crippen molar-refractivity contribution in [2.75, 3.05) is 12.2 Å². The number of aromatic hydroxyl groups is 1. The summed E-state index contributed by atoms with van der Waals surface area (Å²) < 4.78 is 5.16. The molecular weight excluding hydrogens is 288 g/mol. The zero-order chi connectivity index (χ0) is 16.5. The van der Waals surface area contributed by atoms with Gasteiger partial charge in [-0.05, 0) is 32.4 Å². The van der Waals surface area contributed by atoms with Crippen LogP contribution in [0, 0.1) is 0 Å². The zero-order valence-corrected chi connectivity index (χ0v) is 13.0. The molecule has 0 bridgehead atoms. The molecule has 1 atom stereocenters. The Morgan fingerprint density at radius 2 is 2.09 bits per heavy atom. The number of phenolic OH excluding ortho intramolecular Hbond substituents is 1. The lowest BCUT2D eigenvalue weighted by Crippen LogP contribution is -2.53. The second kappa shape index (κ2) is 5.84. The molecule has 1 aliphatic rings. The van der Waals surface area contributed by atoms with E-state index in [0.29, 0.717) is 12.1 Å². The van der Waals surface area contributed by atoms with E-state index < -0.39 is 23.6 Å². The number of hydroxylamine groups is 1. The van der Waals surface area contributed by atoms with Crippen LogP contribution in [-0.2, 0) is 20.8 Å². The normalized spacial score (nSPS) is 17.9. The smallest absolute Gasteiger partial charge is 0.408 e. The minimum atomic E-state index is -0.785. The number of fused-ring (bicyclic) bond motifs is 1. The van der Waals surface area contributed by atoms with Crippen LogP contribution in [0.4, 0.5) is 10.5 Å². The topological polar surface area (TPSA) is 88.1 Å². The molecule has 2 rings (SSSR count). The van der Waals surface area contributed by atoms with Crippen LogP contribution in [0.3, 0.4) is 0 Å². The third-order valence-electron chi connectivity index (χ3n) is 3.08. The van der Waals surface area contributed by atoms with Crippen LogP contribution in [-0.4, -0.2) is 35.9 Å². The van der Waals surface area contributed by atoms with Crippen molar-refractivity contribution >= 4 is 17.7 Å². The third kappa shape index (κ3) is 3.48. The quantitative estimate of drug-likeness (QED) is 0.869. The van der Waals surface area contributed by atoms with Gasteiger partial charge < -0.3 is 15.2 Å². The van der Waals surface area contributed by atoms with Crippen molar-refractivity contribution in [3.8, 4) is 5.75 Å². The van der Waals surface area contributed by atoms with Gasteiger partial charge in [0.1, 0.15) is 17.4 Å². The van der Waals surface area contributed by atoms with E-state index in [1.54, 1.807) is 26.8 Å². The van der Waals surface area contributed by atoms with Crippen molar-refractivity contribution in [3.05, 3.63) is 23.8 Å². The molecular formula is C15H20N2O5. The van der Waals surface area contributed by atoms with Gasteiger partial charge in [0.05, 0.1) is 12.8 Å². The Labute approximate surface area is 128 Å². The highest BCUT2D eigenvalue weighted by molar-refractivity contribution is 6.00. The SMILES string of the molecule is CON1C(=O)[C@H](NC(=O)OC(C)(C)C)Cc2ccc(O)cc21. The fourth-order valence-corrected chi connectivity index (χ4v) is 2.23. The maximum Gasteiger partial charge on any atom is 0.408 e. The minimum absolute atomic E-state index is 0.0344. The highest BCUT2D eigenvalue weighted by Crippen LogP contribution is 2.31. The number of carbonyl (C=O) groups is 2. The maximum atomic E-state index is 12.4. The highest BCUT2D eigenvalue weighted by atomic mass is 16.7. The van der Waals surface area contributed by atoms with E-state index in [2.05, 4.69) is 5.32 Å². The standard InChI is InChI=1S/C15H20N2O5/c1-15(2,3)22-14(20)16-11-7-9-5-6-10(18)8-12(9)17(21-4)13(11)19/h5-6,8,11,18H,7H2,1-4H3,(H,16,20)/t11-/m1/s1. The number of phenols is 1. The minimum Gasteiger partial charge on any atom is -0.508 e. The fraction of sp³-hybridized carbons (Fsp3) is 0.467. The number of carbonyl (C=O) groups excluding carboxylic acids is 2. The first-order valence-electron chi connectivity index (χ1n) is 6.91. The summed E-state index contributed by atoms with van der Waals surface area (Å²) in [7, 11) is 1.35. The average Bonchev–Trinajstić information content (AvgIpc) is 2.38. The van der Waals surface area contributed by atoms with Crippen molar-refractivity contribution in [2.45, 2.75) is 38.8 Å². The largest absolute Gasteiger partial charge is 0.508 e.